The highest BCUT2D eigenvalue weighted by molar-refractivity contribution is 14.0. The molecule has 1 aromatic carbocycles. The molecule has 2 aromatic heterocycles. The number of guanidine groups is 1. The maximum Gasteiger partial charge on any atom is 0.191 e. The molecule has 0 saturated carbocycles. The van der Waals surface area contributed by atoms with Crippen LogP contribution in [0.5, 0.6) is 0 Å². The van der Waals surface area contributed by atoms with Crippen LogP contribution in [0.1, 0.15) is 15.4 Å². The van der Waals surface area contributed by atoms with E-state index < -0.39 is 0 Å². The normalized spacial score (nSPS) is 11.4. The Morgan fingerprint density at radius 1 is 1.20 bits per heavy atom. The van der Waals surface area contributed by atoms with Gasteiger partial charge in [0, 0.05) is 54.7 Å². The number of halogens is 1. The first kappa shape index (κ1) is 19.7. The summed E-state index contributed by atoms with van der Waals surface area (Å²) >= 11 is 1.75. The number of hydrogen-bond donors (Lipinski definition) is 3. The Hall–Kier alpha value is -1.61. The zero-order valence-electron chi connectivity index (χ0n) is 14.5. The highest BCUT2D eigenvalue weighted by atomic mass is 127. The van der Waals surface area contributed by atoms with E-state index in [2.05, 4.69) is 63.0 Å². The van der Waals surface area contributed by atoms with Crippen molar-refractivity contribution >= 4 is 52.2 Å². The van der Waals surface area contributed by atoms with Crippen LogP contribution < -0.4 is 10.6 Å². The van der Waals surface area contributed by atoms with Gasteiger partial charge in [-0.3, -0.25) is 4.99 Å². The van der Waals surface area contributed by atoms with Crippen LogP contribution in [0.25, 0.3) is 10.9 Å². The second-order valence-corrected chi connectivity index (χ2v) is 6.97. The van der Waals surface area contributed by atoms with Gasteiger partial charge in [0.05, 0.1) is 5.01 Å². The molecule has 2 heterocycles. The molecule has 0 saturated heterocycles. The zero-order chi connectivity index (χ0) is 16.8. The van der Waals surface area contributed by atoms with E-state index in [-0.39, 0.29) is 24.0 Å². The van der Waals surface area contributed by atoms with E-state index in [1.807, 2.05) is 6.20 Å². The molecule has 0 fully saturated rings. The van der Waals surface area contributed by atoms with Gasteiger partial charge >= 0.3 is 0 Å². The number of aliphatic imine (C=N–C) groups is 1. The third kappa shape index (κ3) is 5.43. The van der Waals surface area contributed by atoms with Crippen LogP contribution in [0.3, 0.4) is 0 Å². The van der Waals surface area contributed by atoms with Gasteiger partial charge in [-0.1, -0.05) is 18.2 Å². The SMILES string of the molecule is CN=C(NCCc1ncc(C)s1)NCCc1c[nH]c2ccccc12.I. The smallest absolute Gasteiger partial charge is 0.191 e. The van der Waals surface area contributed by atoms with Crippen molar-refractivity contribution < 1.29 is 0 Å². The van der Waals surface area contributed by atoms with Crippen LogP contribution >= 0.6 is 35.3 Å². The third-order valence-corrected chi connectivity index (χ3v) is 4.86. The van der Waals surface area contributed by atoms with E-state index in [0.29, 0.717) is 0 Å². The summed E-state index contributed by atoms with van der Waals surface area (Å²) in [6, 6.07) is 8.39. The summed E-state index contributed by atoms with van der Waals surface area (Å²) in [5, 5.41) is 9.17. The number of rotatable bonds is 6. The maximum absolute atomic E-state index is 4.38. The van der Waals surface area contributed by atoms with Crippen molar-refractivity contribution in [1.82, 2.24) is 20.6 Å². The van der Waals surface area contributed by atoms with E-state index in [9.17, 15) is 0 Å². The standard InChI is InChI=1S/C18H23N5S.HI/c1-13-11-23-17(24-13)8-10-21-18(19-2)20-9-7-14-12-22-16-6-4-3-5-15(14)16;/h3-6,11-12,22H,7-10H2,1-2H3,(H2,19,20,21);1H. The molecule has 0 spiro atoms. The fraction of sp³-hybridized carbons (Fsp3) is 0.333. The number of nitrogens with one attached hydrogen (secondary N) is 3. The van der Waals surface area contributed by atoms with Crippen molar-refractivity contribution in [1.29, 1.82) is 0 Å². The van der Waals surface area contributed by atoms with Crippen LogP contribution in [-0.2, 0) is 12.8 Å². The van der Waals surface area contributed by atoms with E-state index in [1.165, 1.54) is 21.3 Å². The molecular formula is C18H24IN5S. The number of benzene rings is 1. The summed E-state index contributed by atoms with van der Waals surface area (Å²) in [7, 11) is 1.80. The molecule has 3 rings (SSSR count). The average Bonchev–Trinajstić information content (AvgIpc) is 3.20. The molecule has 0 aliphatic carbocycles. The van der Waals surface area contributed by atoms with E-state index in [4.69, 9.17) is 0 Å². The Morgan fingerprint density at radius 2 is 1.96 bits per heavy atom. The van der Waals surface area contributed by atoms with Gasteiger partial charge in [0.15, 0.2) is 5.96 Å². The molecule has 7 heteroatoms. The van der Waals surface area contributed by atoms with Crippen molar-refractivity contribution in [2.45, 2.75) is 19.8 Å². The molecule has 0 atom stereocenters. The van der Waals surface area contributed by atoms with Crippen LogP contribution in [-0.4, -0.2) is 36.1 Å². The number of hydrogen-bond acceptors (Lipinski definition) is 3. The summed E-state index contributed by atoms with van der Waals surface area (Å²) in [4.78, 5) is 13.2. The zero-order valence-corrected chi connectivity index (χ0v) is 17.7. The van der Waals surface area contributed by atoms with Crippen LogP contribution in [0.2, 0.25) is 0 Å². The minimum atomic E-state index is 0. The predicted octanol–water partition coefficient (Wildman–Crippen LogP) is 3.50. The minimum Gasteiger partial charge on any atom is -0.361 e. The van der Waals surface area contributed by atoms with Gasteiger partial charge in [0.2, 0.25) is 0 Å². The van der Waals surface area contributed by atoms with Gasteiger partial charge in [0.25, 0.3) is 0 Å². The van der Waals surface area contributed by atoms with Gasteiger partial charge in [-0.2, -0.15) is 0 Å². The number of fused-ring (bicyclic) bond motifs is 1. The monoisotopic (exact) mass is 469 g/mol. The Kier molecular flexibility index (Phi) is 7.70. The number of para-hydroxylation sites is 1. The molecule has 0 aliphatic heterocycles. The molecule has 0 amide bonds. The minimum absolute atomic E-state index is 0. The quantitative estimate of drug-likeness (QED) is 0.294. The van der Waals surface area contributed by atoms with Crippen molar-refractivity contribution in [2.75, 3.05) is 20.1 Å². The predicted molar refractivity (Wildman–Crippen MR) is 117 cm³/mol. The van der Waals surface area contributed by atoms with Crippen molar-refractivity contribution in [3.63, 3.8) is 0 Å². The van der Waals surface area contributed by atoms with E-state index in [1.54, 1.807) is 18.4 Å². The number of aromatic nitrogens is 2. The van der Waals surface area contributed by atoms with E-state index >= 15 is 0 Å². The van der Waals surface area contributed by atoms with Crippen LogP contribution in [0.4, 0.5) is 0 Å². The Bertz CT molecular complexity index is 824. The first-order valence-corrected chi connectivity index (χ1v) is 8.98. The number of thiazole rings is 1. The largest absolute Gasteiger partial charge is 0.361 e. The molecule has 0 unspecified atom stereocenters. The molecule has 25 heavy (non-hydrogen) atoms. The summed E-state index contributed by atoms with van der Waals surface area (Å²) < 4.78 is 0. The van der Waals surface area contributed by atoms with Gasteiger partial charge in [-0.05, 0) is 25.0 Å². The second kappa shape index (κ2) is 9.76. The summed E-state index contributed by atoms with van der Waals surface area (Å²) in [6.07, 6.45) is 5.89. The van der Waals surface area contributed by atoms with Gasteiger partial charge < -0.3 is 15.6 Å². The van der Waals surface area contributed by atoms with Crippen molar-refractivity contribution in [3.05, 3.63) is 52.1 Å². The number of aromatic amines is 1. The van der Waals surface area contributed by atoms with Gasteiger partial charge in [-0.25, -0.2) is 4.98 Å². The molecule has 3 N–H and O–H groups in total. The lowest BCUT2D eigenvalue weighted by Crippen LogP contribution is -2.39. The fourth-order valence-corrected chi connectivity index (χ4v) is 3.47. The first-order chi connectivity index (χ1) is 11.8. The Morgan fingerprint density at radius 3 is 2.68 bits per heavy atom. The Labute approximate surface area is 169 Å². The summed E-state index contributed by atoms with van der Waals surface area (Å²) in [5.41, 5.74) is 2.51. The lowest BCUT2D eigenvalue weighted by Gasteiger charge is -2.11. The topological polar surface area (TPSA) is 65.1 Å². The number of H-pyrrole nitrogens is 1. The molecule has 0 radical (unpaired) electrons. The molecule has 0 bridgehead atoms. The second-order valence-electron chi connectivity index (χ2n) is 5.65. The van der Waals surface area contributed by atoms with Crippen LogP contribution in [0.15, 0.2) is 41.7 Å². The average molecular weight is 469 g/mol. The maximum atomic E-state index is 4.38. The summed E-state index contributed by atoms with van der Waals surface area (Å²) in [6.45, 7) is 3.76. The lowest BCUT2D eigenvalue weighted by molar-refractivity contribution is 0.783. The molecule has 134 valence electrons. The van der Waals surface area contributed by atoms with Gasteiger partial charge in [0.1, 0.15) is 0 Å². The highest BCUT2D eigenvalue weighted by Gasteiger charge is 2.04. The molecule has 5 nitrogen and oxygen atoms in total. The van der Waals surface area contributed by atoms with Crippen molar-refractivity contribution in [2.24, 2.45) is 4.99 Å². The molecule has 0 aliphatic rings. The highest BCUT2D eigenvalue weighted by Crippen LogP contribution is 2.17. The molecule has 3 aromatic rings. The number of aryl methyl sites for hydroxylation is 1. The number of nitrogens with zero attached hydrogens (tertiary/aromatic N) is 2. The van der Waals surface area contributed by atoms with E-state index in [0.717, 1.165) is 36.9 Å². The fourth-order valence-electron chi connectivity index (χ4n) is 2.68. The lowest BCUT2D eigenvalue weighted by atomic mass is 10.1. The first-order valence-electron chi connectivity index (χ1n) is 8.17. The Balaban J connectivity index is 0.00000225. The molecular weight excluding hydrogens is 445 g/mol. The van der Waals surface area contributed by atoms with Crippen LogP contribution in [0, 0.1) is 6.92 Å². The van der Waals surface area contributed by atoms with Gasteiger partial charge in [-0.15, -0.1) is 35.3 Å². The van der Waals surface area contributed by atoms with Crippen molar-refractivity contribution in [3.8, 4) is 0 Å². The third-order valence-electron chi connectivity index (χ3n) is 3.89. The summed E-state index contributed by atoms with van der Waals surface area (Å²) in [5.74, 6) is 0.836.